The maximum atomic E-state index is 12.3. The van der Waals surface area contributed by atoms with E-state index in [-0.39, 0.29) is 5.91 Å². The Morgan fingerprint density at radius 2 is 2.27 bits per heavy atom. The van der Waals surface area contributed by atoms with Gasteiger partial charge in [-0.3, -0.25) is 10.1 Å². The predicted molar refractivity (Wildman–Crippen MR) is 91.6 cm³/mol. The Morgan fingerprint density at radius 1 is 1.45 bits per heavy atom. The molecule has 2 aromatic rings. The number of aryl methyl sites for hydroxylation is 2. The van der Waals surface area contributed by atoms with Crippen molar-refractivity contribution in [2.45, 2.75) is 38.7 Å². The van der Waals surface area contributed by atoms with Crippen molar-refractivity contribution in [1.29, 1.82) is 0 Å². The molecule has 4 nitrogen and oxygen atoms in total. The summed E-state index contributed by atoms with van der Waals surface area (Å²) in [6, 6.07) is 6.14. The molecule has 1 atom stereocenters. The summed E-state index contributed by atoms with van der Waals surface area (Å²) in [4.78, 5) is 16.4. The summed E-state index contributed by atoms with van der Waals surface area (Å²) in [5, 5.41) is 3.38. The summed E-state index contributed by atoms with van der Waals surface area (Å²) in [5.41, 5.74) is 2.74. The molecule has 1 aliphatic rings. The largest absolute Gasteiger partial charge is 0.481 e. The molecule has 1 N–H and O–H groups in total. The monoisotopic (exact) mass is 380 g/mol. The highest BCUT2D eigenvalue weighted by molar-refractivity contribution is 9.11. The summed E-state index contributed by atoms with van der Waals surface area (Å²) in [6.07, 6.45) is 5.21. The number of benzene rings is 1. The zero-order valence-corrected chi connectivity index (χ0v) is 14.7. The third-order valence-corrected chi connectivity index (χ3v) is 5.11. The average molecular weight is 381 g/mol. The van der Waals surface area contributed by atoms with Gasteiger partial charge >= 0.3 is 0 Å². The van der Waals surface area contributed by atoms with Crippen molar-refractivity contribution >= 4 is 38.3 Å². The molecule has 0 bridgehead atoms. The van der Waals surface area contributed by atoms with E-state index in [9.17, 15) is 4.79 Å². The van der Waals surface area contributed by atoms with Gasteiger partial charge in [0.1, 0.15) is 5.75 Å². The highest BCUT2D eigenvalue weighted by Gasteiger charge is 2.20. The van der Waals surface area contributed by atoms with Gasteiger partial charge in [-0.05, 0) is 64.9 Å². The highest BCUT2D eigenvalue weighted by Crippen LogP contribution is 2.27. The third kappa shape index (κ3) is 3.50. The predicted octanol–water partition coefficient (Wildman–Crippen LogP) is 4.19. The Labute approximate surface area is 142 Å². The highest BCUT2D eigenvalue weighted by atomic mass is 79.9. The lowest BCUT2D eigenvalue weighted by molar-refractivity contribution is -0.122. The van der Waals surface area contributed by atoms with Crippen LogP contribution in [0.25, 0.3) is 0 Å². The van der Waals surface area contributed by atoms with Crippen LogP contribution in [0.1, 0.15) is 30.9 Å². The topological polar surface area (TPSA) is 51.2 Å². The van der Waals surface area contributed by atoms with E-state index in [2.05, 4.69) is 38.4 Å². The minimum atomic E-state index is -0.512. The van der Waals surface area contributed by atoms with E-state index in [1.807, 2.05) is 13.0 Å². The fraction of sp³-hybridized carbons (Fsp3) is 0.375. The van der Waals surface area contributed by atoms with Gasteiger partial charge in [0.2, 0.25) is 0 Å². The second-order valence-corrected chi connectivity index (χ2v) is 7.67. The van der Waals surface area contributed by atoms with Crippen LogP contribution < -0.4 is 10.1 Å². The van der Waals surface area contributed by atoms with Gasteiger partial charge in [-0.15, -0.1) is 0 Å². The molecular weight excluding hydrogens is 364 g/mol. The standard InChI is InChI=1S/C16H17BrN2O2S/c1-2-13(15(20)19-16-18-9-14(17)22-16)21-12-7-6-10-4-3-5-11(10)8-12/h6-9,13H,2-5H2,1H3,(H,18,19,20). The molecule has 0 radical (unpaired) electrons. The molecule has 1 aromatic heterocycles. The van der Waals surface area contributed by atoms with Gasteiger partial charge in [0.15, 0.2) is 11.2 Å². The second kappa shape index (κ2) is 6.79. The summed E-state index contributed by atoms with van der Waals surface area (Å²) < 4.78 is 6.77. The molecule has 1 heterocycles. The minimum Gasteiger partial charge on any atom is -0.481 e. The maximum absolute atomic E-state index is 12.3. The van der Waals surface area contributed by atoms with Crippen LogP contribution in [0.15, 0.2) is 28.2 Å². The van der Waals surface area contributed by atoms with E-state index >= 15 is 0 Å². The number of ether oxygens (including phenoxy) is 1. The Balaban J connectivity index is 1.67. The molecule has 0 fully saturated rings. The number of fused-ring (bicyclic) bond motifs is 1. The molecule has 1 aromatic carbocycles. The summed E-state index contributed by atoms with van der Waals surface area (Å²) in [5.74, 6) is 0.604. The van der Waals surface area contributed by atoms with E-state index in [1.165, 1.54) is 28.9 Å². The quantitative estimate of drug-likeness (QED) is 0.845. The maximum Gasteiger partial charge on any atom is 0.267 e. The molecular formula is C16H17BrN2O2S. The molecule has 0 saturated carbocycles. The second-order valence-electron chi connectivity index (χ2n) is 5.26. The SMILES string of the molecule is CCC(Oc1ccc2c(c1)CCC2)C(=O)Nc1ncc(Br)s1. The van der Waals surface area contributed by atoms with Crippen molar-refractivity contribution in [3.05, 3.63) is 39.3 Å². The first-order chi connectivity index (χ1) is 10.7. The van der Waals surface area contributed by atoms with Gasteiger partial charge in [-0.1, -0.05) is 24.3 Å². The molecule has 22 heavy (non-hydrogen) atoms. The fourth-order valence-electron chi connectivity index (χ4n) is 2.61. The molecule has 1 amide bonds. The van der Waals surface area contributed by atoms with E-state index in [4.69, 9.17) is 4.74 Å². The van der Waals surface area contributed by atoms with Crippen LogP contribution in [0, 0.1) is 0 Å². The van der Waals surface area contributed by atoms with Gasteiger partial charge < -0.3 is 4.74 Å². The van der Waals surface area contributed by atoms with Crippen LogP contribution in [0.4, 0.5) is 5.13 Å². The Hall–Kier alpha value is -1.40. The molecule has 1 unspecified atom stereocenters. The number of amides is 1. The normalized spacial score (nSPS) is 14.5. The molecule has 1 aliphatic carbocycles. The van der Waals surface area contributed by atoms with E-state index in [0.29, 0.717) is 11.6 Å². The van der Waals surface area contributed by atoms with Gasteiger partial charge in [0.25, 0.3) is 5.91 Å². The summed E-state index contributed by atoms with van der Waals surface area (Å²) in [6.45, 7) is 1.94. The number of hydrogen-bond donors (Lipinski definition) is 1. The zero-order valence-electron chi connectivity index (χ0n) is 12.3. The van der Waals surface area contributed by atoms with E-state index < -0.39 is 6.10 Å². The number of thiazole rings is 1. The fourth-order valence-corrected chi connectivity index (χ4v) is 3.72. The molecule has 0 saturated heterocycles. The van der Waals surface area contributed by atoms with Crippen LogP contribution in [0.5, 0.6) is 5.75 Å². The number of nitrogens with zero attached hydrogens (tertiary/aromatic N) is 1. The van der Waals surface area contributed by atoms with E-state index in [0.717, 1.165) is 22.4 Å². The van der Waals surface area contributed by atoms with Crippen molar-refractivity contribution in [3.63, 3.8) is 0 Å². The molecule has 0 aliphatic heterocycles. The summed E-state index contributed by atoms with van der Waals surface area (Å²) in [7, 11) is 0. The first-order valence-electron chi connectivity index (χ1n) is 7.36. The van der Waals surface area contributed by atoms with Gasteiger partial charge in [-0.2, -0.15) is 0 Å². The molecule has 6 heteroatoms. The molecule has 116 valence electrons. The zero-order chi connectivity index (χ0) is 15.5. The smallest absolute Gasteiger partial charge is 0.267 e. The van der Waals surface area contributed by atoms with Gasteiger partial charge in [0, 0.05) is 0 Å². The van der Waals surface area contributed by atoms with Crippen LogP contribution >= 0.6 is 27.3 Å². The van der Waals surface area contributed by atoms with Crippen LogP contribution in [-0.4, -0.2) is 17.0 Å². The number of rotatable bonds is 5. The Bertz CT molecular complexity index is 687. The van der Waals surface area contributed by atoms with Gasteiger partial charge in [-0.25, -0.2) is 4.98 Å². The number of aromatic nitrogens is 1. The number of nitrogens with one attached hydrogen (secondary N) is 1. The number of carbonyl (C=O) groups excluding carboxylic acids is 1. The van der Waals surface area contributed by atoms with Crippen molar-refractivity contribution < 1.29 is 9.53 Å². The number of hydrogen-bond acceptors (Lipinski definition) is 4. The Kier molecular flexibility index (Phi) is 4.78. The number of halogens is 1. The minimum absolute atomic E-state index is 0.162. The third-order valence-electron chi connectivity index (χ3n) is 3.72. The molecule has 0 spiro atoms. The first-order valence-corrected chi connectivity index (χ1v) is 8.97. The average Bonchev–Trinajstić information content (AvgIpc) is 3.12. The summed E-state index contributed by atoms with van der Waals surface area (Å²) >= 11 is 4.72. The van der Waals surface area contributed by atoms with Gasteiger partial charge in [0.05, 0.1) is 9.98 Å². The first kappa shape index (κ1) is 15.5. The lowest BCUT2D eigenvalue weighted by Gasteiger charge is -2.17. The number of anilines is 1. The molecule has 3 rings (SSSR count). The van der Waals surface area contributed by atoms with Crippen molar-refractivity contribution in [3.8, 4) is 5.75 Å². The van der Waals surface area contributed by atoms with Crippen molar-refractivity contribution in [1.82, 2.24) is 4.98 Å². The van der Waals surface area contributed by atoms with Crippen LogP contribution in [0.3, 0.4) is 0 Å². The lowest BCUT2D eigenvalue weighted by Crippen LogP contribution is -2.32. The van der Waals surface area contributed by atoms with E-state index in [1.54, 1.807) is 6.20 Å². The van der Waals surface area contributed by atoms with Crippen molar-refractivity contribution in [2.75, 3.05) is 5.32 Å². The van der Waals surface area contributed by atoms with Crippen molar-refractivity contribution in [2.24, 2.45) is 0 Å². The lowest BCUT2D eigenvalue weighted by atomic mass is 10.1. The van der Waals surface area contributed by atoms with Crippen LogP contribution in [-0.2, 0) is 17.6 Å². The Morgan fingerprint density at radius 3 is 3.00 bits per heavy atom. The number of carbonyl (C=O) groups is 1. The van der Waals surface area contributed by atoms with Crippen LogP contribution in [0.2, 0.25) is 0 Å².